The van der Waals surface area contributed by atoms with Gasteiger partial charge in [0.25, 0.3) is 0 Å². The number of aliphatic hydroxyl groups is 1. The Kier molecular flexibility index (Phi) is 5.15. The smallest absolute Gasteiger partial charge is 0.190 e. The Morgan fingerprint density at radius 2 is 2.18 bits per heavy atom. The molecule has 0 bridgehead atoms. The molecule has 0 fully saturated rings. The summed E-state index contributed by atoms with van der Waals surface area (Å²) in [5, 5.41) is 20.3. The van der Waals surface area contributed by atoms with E-state index in [-0.39, 0.29) is 12.4 Å². The Bertz CT molecular complexity index is 359. The Labute approximate surface area is 99.6 Å². The van der Waals surface area contributed by atoms with E-state index in [0.29, 0.717) is 18.1 Å². The number of anilines is 1. The summed E-state index contributed by atoms with van der Waals surface area (Å²) in [5.41, 5.74) is 5.70. The number of hydrogen-bond acceptors (Lipinski definition) is 6. The van der Waals surface area contributed by atoms with Gasteiger partial charge in [-0.15, -0.1) is 0 Å². The largest absolute Gasteiger partial charge is 0.409 e. The zero-order valence-corrected chi connectivity index (χ0v) is 9.74. The molecule has 0 radical (unpaired) electrons. The Balaban J connectivity index is 2.83. The molecule has 7 nitrogen and oxygen atoms in total. The highest BCUT2D eigenvalue weighted by molar-refractivity contribution is 5.94. The van der Waals surface area contributed by atoms with Gasteiger partial charge < -0.3 is 20.9 Å². The van der Waals surface area contributed by atoms with E-state index in [1.807, 2.05) is 11.8 Å². The average molecular weight is 239 g/mol. The van der Waals surface area contributed by atoms with Crippen molar-refractivity contribution in [3.63, 3.8) is 0 Å². The van der Waals surface area contributed by atoms with Gasteiger partial charge in [0.2, 0.25) is 0 Å². The van der Waals surface area contributed by atoms with Gasteiger partial charge in [-0.3, -0.25) is 0 Å². The highest BCUT2D eigenvalue weighted by Crippen LogP contribution is 2.09. The Hall–Kier alpha value is -1.89. The standard InChI is InChI=1S/C10H17N5O2/c1-2-3-15(4-5-16)9-7-12-8(6-13-9)10(11)14-17/h6-7,16-17H,2-5H2,1H3,(H2,11,14). The third kappa shape index (κ3) is 3.56. The van der Waals surface area contributed by atoms with Crippen LogP contribution in [0.25, 0.3) is 0 Å². The number of amidine groups is 1. The van der Waals surface area contributed by atoms with E-state index in [9.17, 15) is 0 Å². The third-order valence-electron chi connectivity index (χ3n) is 2.20. The second-order valence-electron chi connectivity index (χ2n) is 3.46. The molecule has 17 heavy (non-hydrogen) atoms. The molecule has 0 unspecified atom stereocenters. The molecular weight excluding hydrogens is 222 g/mol. The maximum atomic E-state index is 8.94. The van der Waals surface area contributed by atoms with Crippen LogP contribution in [0, 0.1) is 0 Å². The van der Waals surface area contributed by atoms with Crippen LogP contribution in [0.2, 0.25) is 0 Å². The van der Waals surface area contributed by atoms with Crippen molar-refractivity contribution >= 4 is 11.7 Å². The molecule has 0 aliphatic heterocycles. The quantitative estimate of drug-likeness (QED) is 0.274. The fraction of sp³-hybridized carbons (Fsp3) is 0.500. The Morgan fingerprint density at radius 3 is 2.65 bits per heavy atom. The van der Waals surface area contributed by atoms with Gasteiger partial charge in [0, 0.05) is 13.1 Å². The lowest BCUT2D eigenvalue weighted by Gasteiger charge is -2.21. The van der Waals surface area contributed by atoms with E-state index >= 15 is 0 Å². The molecule has 0 aromatic carbocycles. The topological polar surface area (TPSA) is 108 Å². The number of oxime groups is 1. The van der Waals surface area contributed by atoms with Gasteiger partial charge in [-0.2, -0.15) is 0 Å². The van der Waals surface area contributed by atoms with Crippen molar-refractivity contribution in [1.29, 1.82) is 0 Å². The van der Waals surface area contributed by atoms with Gasteiger partial charge in [0.15, 0.2) is 5.84 Å². The van der Waals surface area contributed by atoms with Gasteiger partial charge >= 0.3 is 0 Å². The zero-order chi connectivity index (χ0) is 12.7. The van der Waals surface area contributed by atoms with E-state index in [1.54, 1.807) is 6.20 Å². The number of nitrogens with zero attached hydrogens (tertiary/aromatic N) is 4. The molecular formula is C10H17N5O2. The molecule has 1 rings (SSSR count). The summed E-state index contributed by atoms with van der Waals surface area (Å²) in [6, 6.07) is 0. The molecule has 1 aromatic heterocycles. The first-order chi connectivity index (χ1) is 8.22. The molecule has 1 aromatic rings. The van der Waals surface area contributed by atoms with Crippen LogP contribution in [0.4, 0.5) is 5.82 Å². The summed E-state index contributed by atoms with van der Waals surface area (Å²) in [7, 11) is 0. The molecule has 0 atom stereocenters. The summed E-state index contributed by atoms with van der Waals surface area (Å²) < 4.78 is 0. The second kappa shape index (κ2) is 6.64. The maximum Gasteiger partial charge on any atom is 0.190 e. The van der Waals surface area contributed by atoms with Crippen molar-refractivity contribution in [3.05, 3.63) is 18.1 Å². The monoisotopic (exact) mass is 239 g/mol. The number of nitrogens with two attached hydrogens (primary N) is 1. The lowest BCUT2D eigenvalue weighted by molar-refractivity contribution is 0.301. The fourth-order valence-electron chi connectivity index (χ4n) is 1.40. The summed E-state index contributed by atoms with van der Waals surface area (Å²) in [4.78, 5) is 10.1. The maximum absolute atomic E-state index is 8.94. The minimum atomic E-state index is -0.0757. The summed E-state index contributed by atoms with van der Waals surface area (Å²) in [6.45, 7) is 3.40. The van der Waals surface area contributed by atoms with Gasteiger partial charge in [-0.05, 0) is 6.42 Å². The Morgan fingerprint density at radius 1 is 1.41 bits per heavy atom. The molecule has 94 valence electrons. The van der Waals surface area contributed by atoms with E-state index in [0.717, 1.165) is 13.0 Å². The first kappa shape index (κ1) is 13.2. The van der Waals surface area contributed by atoms with Gasteiger partial charge in [-0.1, -0.05) is 12.1 Å². The van der Waals surface area contributed by atoms with Crippen molar-refractivity contribution in [1.82, 2.24) is 9.97 Å². The second-order valence-corrected chi connectivity index (χ2v) is 3.46. The van der Waals surface area contributed by atoms with Crippen LogP contribution in [0.15, 0.2) is 17.5 Å². The van der Waals surface area contributed by atoms with E-state index in [4.69, 9.17) is 16.0 Å². The molecule has 0 saturated heterocycles. The van der Waals surface area contributed by atoms with Crippen LogP contribution in [-0.4, -0.2) is 45.8 Å². The summed E-state index contributed by atoms with van der Waals surface area (Å²) in [5.74, 6) is 0.587. The van der Waals surface area contributed by atoms with Crippen LogP contribution in [0.5, 0.6) is 0 Å². The molecule has 0 amide bonds. The first-order valence-electron chi connectivity index (χ1n) is 5.38. The fourth-order valence-corrected chi connectivity index (χ4v) is 1.40. The number of rotatable bonds is 6. The molecule has 0 aliphatic rings. The first-order valence-corrected chi connectivity index (χ1v) is 5.38. The predicted molar refractivity (Wildman–Crippen MR) is 64.1 cm³/mol. The lowest BCUT2D eigenvalue weighted by Crippen LogP contribution is -2.28. The average Bonchev–Trinajstić information content (AvgIpc) is 2.38. The lowest BCUT2D eigenvalue weighted by atomic mass is 10.4. The van der Waals surface area contributed by atoms with Crippen LogP contribution in [-0.2, 0) is 0 Å². The van der Waals surface area contributed by atoms with Crippen molar-refractivity contribution < 1.29 is 10.3 Å². The zero-order valence-electron chi connectivity index (χ0n) is 9.74. The van der Waals surface area contributed by atoms with E-state index in [2.05, 4.69) is 15.1 Å². The van der Waals surface area contributed by atoms with Gasteiger partial charge in [-0.25, -0.2) is 9.97 Å². The minimum Gasteiger partial charge on any atom is -0.409 e. The molecule has 0 aliphatic carbocycles. The molecule has 0 spiro atoms. The van der Waals surface area contributed by atoms with Crippen LogP contribution < -0.4 is 10.6 Å². The highest BCUT2D eigenvalue weighted by Gasteiger charge is 2.08. The molecule has 4 N–H and O–H groups in total. The number of hydrogen-bond donors (Lipinski definition) is 3. The number of aliphatic hydroxyl groups excluding tert-OH is 1. The predicted octanol–water partition coefficient (Wildman–Crippen LogP) is -0.220. The van der Waals surface area contributed by atoms with Crippen molar-refractivity contribution in [3.8, 4) is 0 Å². The van der Waals surface area contributed by atoms with Gasteiger partial charge in [0.05, 0.1) is 19.0 Å². The summed E-state index contributed by atoms with van der Waals surface area (Å²) >= 11 is 0. The van der Waals surface area contributed by atoms with Crippen molar-refractivity contribution in [2.45, 2.75) is 13.3 Å². The molecule has 1 heterocycles. The third-order valence-corrected chi connectivity index (χ3v) is 2.20. The summed E-state index contributed by atoms with van der Waals surface area (Å²) in [6.07, 6.45) is 3.92. The van der Waals surface area contributed by atoms with E-state index < -0.39 is 0 Å². The van der Waals surface area contributed by atoms with Crippen molar-refractivity contribution in [2.75, 3.05) is 24.6 Å². The van der Waals surface area contributed by atoms with Crippen LogP contribution >= 0.6 is 0 Å². The molecule has 0 saturated carbocycles. The minimum absolute atomic E-state index is 0.0592. The van der Waals surface area contributed by atoms with Crippen LogP contribution in [0.3, 0.4) is 0 Å². The molecule has 7 heteroatoms. The van der Waals surface area contributed by atoms with E-state index in [1.165, 1.54) is 6.20 Å². The highest BCUT2D eigenvalue weighted by atomic mass is 16.4. The normalized spacial score (nSPS) is 11.5. The van der Waals surface area contributed by atoms with Gasteiger partial charge in [0.1, 0.15) is 11.5 Å². The SMILES string of the molecule is CCCN(CCO)c1cnc(C(N)=NO)cn1. The van der Waals surface area contributed by atoms with Crippen molar-refractivity contribution in [2.24, 2.45) is 10.9 Å². The van der Waals surface area contributed by atoms with Crippen LogP contribution in [0.1, 0.15) is 19.0 Å². The number of aromatic nitrogens is 2.